The molecule has 0 saturated carbocycles. The smallest absolute Gasteiger partial charge is 0.144 e. The predicted molar refractivity (Wildman–Crippen MR) is 97.7 cm³/mol. The number of benzene rings is 1. The van der Waals surface area contributed by atoms with Crippen molar-refractivity contribution in [2.75, 3.05) is 36.9 Å². The summed E-state index contributed by atoms with van der Waals surface area (Å²) in [7, 11) is 0. The lowest BCUT2D eigenvalue weighted by molar-refractivity contribution is 0.302. The normalized spacial score (nSPS) is 14.8. The zero-order valence-electron chi connectivity index (χ0n) is 14.8. The number of nitrogen functional groups attached to an aromatic ring is 1. The highest BCUT2D eigenvalue weighted by Crippen LogP contribution is 2.38. The Kier molecular flexibility index (Phi) is 7.37. The largest absolute Gasteiger partial charge is 0.491 e. The van der Waals surface area contributed by atoms with E-state index in [9.17, 15) is 0 Å². The lowest BCUT2D eigenvalue weighted by atomic mass is 10.1. The van der Waals surface area contributed by atoms with Crippen LogP contribution in [0.4, 0.5) is 11.4 Å². The maximum atomic E-state index is 6.18. The van der Waals surface area contributed by atoms with E-state index in [1.807, 2.05) is 6.07 Å². The molecule has 1 fully saturated rings. The van der Waals surface area contributed by atoms with E-state index in [1.165, 1.54) is 19.3 Å². The summed E-state index contributed by atoms with van der Waals surface area (Å²) in [4.78, 5) is 2.41. The summed E-state index contributed by atoms with van der Waals surface area (Å²) in [6.07, 6.45) is 8.16. The first-order valence-electron chi connectivity index (χ1n) is 9.20. The van der Waals surface area contributed by atoms with Gasteiger partial charge in [-0.25, -0.2) is 0 Å². The van der Waals surface area contributed by atoms with Crippen LogP contribution >= 0.6 is 0 Å². The first-order valence-corrected chi connectivity index (χ1v) is 9.20. The van der Waals surface area contributed by atoms with E-state index in [-0.39, 0.29) is 0 Å². The molecule has 4 nitrogen and oxygen atoms in total. The maximum Gasteiger partial charge on any atom is 0.144 e. The Morgan fingerprint density at radius 1 is 0.913 bits per heavy atom. The monoisotopic (exact) mass is 320 g/mol. The number of anilines is 2. The molecule has 0 bridgehead atoms. The molecule has 23 heavy (non-hydrogen) atoms. The van der Waals surface area contributed by atoms with Gasteiger partial charge in [-0.2, -0.15) is 0 Å². The van der Waals surface area contributed by atoms with Crippen molar-refractivity contribution < 1.29 is 9.47 Å². The molecule has 0 radical (unpaired) electrons. The van der Waals surface area contributed by atoms with Crippen molar-refractivity contribution in [3.05, 3.63) is 12.1 Å². The molecule has 0 spiro atoms. The standard InChI is InChI=1S/C19H32N2O2/c1-3-5-12-22-18-15-17(21-10-8-7-9-11-21)19(14-16(18)20)23-13-6-4-2/h14-15H,3-13,20H2,1-2H3. The van der Waals surface area contributed by atoms with Crippen molar-refractivity contribution in [1.29, 1.82) is 0 Å². The first-order chi connectivity index (χ1) is 11.3. The highest BCUT2D eigenvalue weighted by atomic mass is 16.5. The summed E-state index contributed by atoms with van der Waals surface area (Å²) >= 11 is 0. The minimum atomic E-state index is 0.674. The molecule has 0 aromatic heterocycles. The third kappa shape index (κ3) is 5.22. The second-order valence-corrected chi connectivity index (χ2v) is 6.31. The third-order valence-electron chi connectivity index (χ3n) is 4.30. The van der Waals surface area contributed by atoms with E-state index < -0.39 is 0 Å². The van der Waals surface area contributed by atoms with Gasteiger partial charge in [-0.15, -0.1) is 0 Å². The van der Waals surface area contributed by atoms with Crippen LogP contribution in [0.2, 0.25) is 0 Å². The van der Waals surface area contributed by atoms with Crippen LogP contribution in [0.3, 0.4) is 0 Å². The van der Waals surface area contributed by atoms with E-state index in [0.29, 0.717) is 5.69 Å². The van der Waals surface area contributed by atoms with E-state index in [1.54, 1.807) is 0 Å². The van der Waals surface area contributed by atoms with Crippen LogP contribution in [0, 0.1) is 0 Å². The molecule has 1 saturated heterocycles. The van der Waals surface area contributed by atoms with E-state index in [4.69, 9.17) is 15.2 Å². The van der Waals surface area contributed by atoms with Crippen LogP contribution in [0.1, 0.15) is 58.8 Å². The zero-order valence-corrected chi connectivity index (χ0v) is 14.8. The van der Waals surface area contributed by atoms with E-state index in [0.717, 1.165) is 69.2 Å². The summed E-state index contributed by atoms with van der Waals surface area (Å²) in [6.45, 7) is 7.97. The first kappa shape index (κ1) is 17.8. The highest BCUT2D eigenvalue weighted by Gasteiger charge is 2.18. The lowest BCUT2D eigenvalue weighted by Gasteiger charge is -2.31. The van der Waals surface area contributed by atoms with Gasteiger partial charge < -0.3 is 20.1 Å². The summed E-state index contributed by atoms with van der Waals surface area (Å²) in [5, 5.41) is 0. The van der Waals surface area contributed by atoms with Crippen LogP contribution in [-0.4, -0.2) is 26.3 Å². The quantitative estimate of drug-likeness (QED) is 0.533. The third-order valence-corrected chi connectivity index (χ3v) is 4.30. The molecule has 1 aliphatic heterocycles. The molecule has 0 atom stereocenters. The van der Waals surface area contributed by atoms with Gasteiger partial charge in [-0.05, 0) is 32.1 Å². The van der Waals surface area contributed by atoms with Crippen molar-refractivity contribution in [2.24, 2.45) is 0 Å². The van der Waals surface area contributed by atoms with Gasteiger partial charge in [-0.1, -0.05) is 26.7 Å². The molecule has 2 rings (SSSR count). The molecular formula is C19H32N2O2. The number of unbranched alkanes of at least 4 members (excludes halogenated alkanes) is 2. The van der Waals surface area contributed by atoms with Crippen LogP contribution in [0.15, 0.2) is 12.1 Å². The van der Waals surface area contributed by atoms with Crippen molar-refractivity contribution in [2.45, 2.75) is 58.8 Å². The van der Waals surface area contributed by atoms with Crippen LogP contribution in [-0.2, 0) is 0 Å². The number of ether oxygens (including phenoxy) is 2. The molecule has 1 aliphatic rings. The SMILES string of the molecule is CCCCOc1cc(N2CCCCC2)c(OCCCC)cc1N. The van der Waals surface area contributed by atoms with E-state index in [2.05, 4.69) is 24.8 Å². The molecule has 0 unspecified atom stereocenters. The van der Waals surface area contributed by atoms with Gasteiger partial charge in [0, 0.05) is 25.2 Å². The molecule has 0 amide bonds. The fraction of sp³-hybridized carbons (Fsp3) is 0.684. The van der Waals surface area contributed by atoms with Crippen LogP contribution in [0.25, 0.3) is 0 Å². The Hall–Kier alpha value is -1.58. The second-order valence-electron chi connectivity index (χ2n) is 6.31. The minimum absolute atomic E-state index is 0.674. The molecule has 1 aromatic rings. The number of rotatable bonds is 9. The Labute approximate surface area is 140 Å². The Bertz CT molecular complexity index is 471. The Morgan fingerprint density at radius 3 is 2.13 bits per heavy atom. The number of nitrogens with two attached hydrogens (primary N) is 1. The van der Waals surface area contributed by atoms with Gasteiger partial charge in [0.05, 0.1) is 24.6 Å². The Balaban J connectivity index is 2.18. The summed E-state index contributed by atoms with van der Waals surface area (Å²) < 4.78 is 11.9. The van der Waals surface area contributed by atoms with Gasteiger partial charge >= 0.3 is 0 Å². The fourth-order valence-corrected chi connectivity index (χ4v) is 2.84. The Morgan fingerprint density at radius 2 is 1.52 bits per heavy atom. The van der Waals surface area contributed by atoms with Crippen LogP contribution < -0.4 is 20.1 Å². The van der Waals surface area contributed by atoms with Gasteiger partial charge in [0.1, 0.15) is 11.5 Å². The number of piperidine rings is 1. The molecule has 1 heterocycles. The highest BCUT2D eigenvalue weighted by molar-refractivity contribution is 5.70. The van der Waals surface area contributed by atoms with Gasteiger partial charge in [-0.3, -0.25) is 0 Å². The number of nitrogens with zero attached hydrogens (tertiary/aromatic N) is 1. The minimum Gasteiger partial charge on any atom is -0.491 e. The maximum absolute atomic E-state index is 6.18. The molecule has 4 heteroatoms. The lowest BCUT2D eigenvalue weighted by Crippen LogP contribution is -2.30. The molecule has 130 valence electrons. The summed E-state index contributed by atoms with van der Waals surface area (Å²) in [5.74, 6) is 1.70. The average molecular weight is 320 g/mol. The summed E-state index contributed by atoms with van der Waals surface area (Å²) in [5.41, 5.74) is 8.00. The van der Waals surface area contributed by atoms with Crippen molar-refractivity contribution in [3.63, 3.8) is 0 Å². The van der Waals surface area contributed by atoms with Crippen molar-refractivity contribution in [3.8, 4) is 11.5 Å². The summed E-state index contributed by atoms with van der Waals surface area (Å²) in [6, 6.07) is 4.03. The molecule has 2 N–H and O–H groups in total. The molecular weight excluding hydrogens is 288 g/mol. The van der Waals surface area contributed by atoms with Gasteiger partial charge in [0.25, 0.3) is 0 Å². The fourth-order valence-electron chi connectivity index (χ4n) is 2.84. The number of hydrogen-bond acceptors (Lipinski definition) is 4. The van der Waals surface area contributed by atoms with Crippen molar-refractivity contribution in [1.82, 2.24) is 0 Å². The van der Waals surface area contributed by atoms with Gasteiger partial charge in [0.2, 0.25) is 0 Å². The molecule has 1 aromatic carbocycles. The van der Waals surface area contributed by atoms with Gasteiger partial charge in [0.15, 0.2) is 0 Å². The zero-order chi connectivity index (χ0) is 16.5. The topological polar surface area (TPSA) is 47.7 Å². The predicted octanol–water partition coefficient (Wildman–Crippen LogP) is 4.62. The second kappa shape index (κ2) is 9.53. The van der Waals surface area contributed by atoms with E-state index >= 15 is 0 Å². The average Bonchev–Trinajstić information content (AvgIpc) is 2.58. The number of hydrogen-bond donors (Lipinski definition) is 1. The van der Waals surface area contributed by atoms with Crippen LogP contribution in [0.5, 0.6) is 11.5 Å². The molecule has 0 aliphatic carbocycles. The van der Waals surface area contributed by atoms with Crippen molar-refractivity contribution >= 4 is 11.4 Å².